The molecule has 0 bridgehead atoms. The summed E-state index contributed by atoms with van der Waals surface area (Å²) in [6.07, 6.45) is 3.64. The number of carbonyl (C=O) groups excluding carboxylic acids is 2. The number of hydrogen-bond donors (Lipinski definition) is 3. The molecular weight excluding hydrogens is 426 g/mol. The molecular formula is C22H23N7O4. The molecule has 4 rings (SSSR count). The van der Waals surface area contributed by atoms with Gasteiger partial charge in [0.05, 0.1) is 24.0 Å². The second-order valence-electron chi connectivity index (χ2n) is 7.23. The Kier molecular flexibility index (Phi) is 5.25. The summed E-state index contributed by atoms with van der Waals surface area (Å²) in [5.41, 5.74) is 0.650. The summed E-state index contributed by atoms with van der Waals surface area (Å²) in [6.45, 7) is 0.911. The van der Waals surface area contributed by atoms with Crippen LogP contribution in [-0.2, 0) is 11.2 Å². The number of rotatable bonds is 9. The summed E-state index contributed by atoms with van der Waals surface area (Å²) in [7, 11) is 1.44. The first-order valence-corrected chi connectivity index (χ1v) is 10.1. The van der Waals surface area contributed by atoms with Crippen LogP contribution >= 0.6 is 0 Å². The minimum Gasteiger partial charge on any atom is -0.494 e. The number of ether oxygens (including phenoxy) is 1. The molecule has 2 aromatic heterocycles. The van der Waals surface area contributed by atoms with Gasteiger partial charge >= 0.3 is 0 Å². The van der Waals surface area contributed by atoms with Gasteiger partial charge in [-0.1, -0.05) is 17.3 Å². The van der Waals surface area contributed by atoms with E-state index >= 15 is 0 Å². The van der Waals surface area contributed by atoms with Crippen molar-refractivity contribution in [3.63, 3.8) is 0 Å². The lowest BCUT2D eigenvalue weighted by Gasteiger charge is -2.15. The van der Waals surface area contributed by atoms with Gasteiger partial charge in [-0.05, 0) is 25.0 Å². The summed E-state index contributed by atoms with van der Waals surface area (Å²) in [4.78, 5) is 29.2. The number of benzene rings is 1. The van der Waals surface area contributed by atoms with E-state index in [2.05, 4.69) is 37.6 Å². The highest BCUT2D eigenvalue weighted by Crippen LogP contribution is 2.38. The van der Waals surface area contributed by atoms with Crippen molar-refractivity contribution in [1.29, 1.82) is 0 Å². The van der Waals surface area contributed by atoms with Crippen molar-refractivity contribution in [2.45, 2.75) is 19.3 Å². The third-order valence-corrected chi connectivity index (χ3v) is 4.84. The van der Waals surface area contributed by atoms with Crippen molar-refractivity contribution in [3.05, 3.63) is 48.4 Å². The lowest BCUT2D eigenvalue weighted by molar-refractivity contribution is -0.117. The van der Waals surface area contributed by atoms with E-state index in [4.69, 9.17) is 13.4 Å². The third kappa shape index (κ3) is 4.81. The van der Waals surface area contributed by atoms with Crippen LogP contribution in [0.3, 0.4) is 0 Å². The van der Waals surface area contributed by atoms with Crippen LogP contribution in [0.4, 0.5) is 17.2 Å². The van der Waals surface area contributed by atoms with E-state index in [-0.39, 0.29) is 34.9 Å². The predicted octanol–water partition coefficient (Wildman–Crippen LogP) is 2.72. The number of para-hydroxylation sites is 1. The summed E-state index contributed by atoms with van der Waals surface area (Å²) >= 11 is 0. The van der Waals surface area contributed by atoms with Crippen LogP contribution in [0.15, 0.2) is 41.4 Å². The Hall–Kier alpha value is -4.28. The summed E-state index contributed by atoms with van der Waals surface area (Å²) in [5, 5.41) is 19.2. The van der Waals surface area contributed by atoms with Crippen molar-refractivity contribution >= 4 is 29.0 Å². The van der Waals surface area contributed by atoms with E-state index in [1.165, 1.54) is 13.2 Å². The minimum atomic E-state index is -2.74. The van der Waals surface area contributed by atoms with E-state index in [1.807, 2.05) is 5.32 Å². The zero-order valence-electron chi connectivity index (χ0n) is 20.7. The van der Waals surface area contributed by atoms with Crippen molar-refractivity contribution in [1.82, 2.24) is 25.7 Å². The van der Waals surface area contributed by atoms with Crippen LogP contribution in [-0.4, -0.2) is 46.2 Å². The molecule has 1 aromatic carbocycles. The van der Waals surface area contributed by atoms with Crippen molar-refractivity contribution < 1.29 is 23.0 Å². The largest absolute Gasteiger partial charge is 0.494 e. The number of aromatic nitrogens is 4. The number of methoxy groups -OCH3 is 1. The molecule has 0 atom stereocenters. The molecule has 1 saturated carbocycles. The van der Waals surface area contributed by atoms with E-state index < -0.39 is 12.9 Å². The van der Waals surface area contributed by atoms with Gasteiger partial charge in [0.1, 0.15) is 0 Å². The number of hydrogen-bond acceptors (Lipinski definition) is 9. The zero-order chi connectivity index (χ0) is 25.9. The topological polar surface area (TPSA) is 144 Å². The Labute approximate surface area is 193 Å². The van der Waals surface area contributed by atoms with Gasteiger partial charge in [0, 0.05) is 29.5 Å². The fourth-order valence-electron chi connectivity index (χ4n) is 3.09. The average molecular weight is 452 g/mol. The molecule has 3 aromatic rings. The molecule has 1 aliphatic rings. The molecule has 0 saturated heterocycles. The predicted molar refractivity (Wildman–Crippen MR) is 120 cm³/mol. The average Bonchev–Trinajstić information content (AvgIpc) is 3.57. The third-order valence-electron chi connectivity index (χ3n) is 4.84. The van der Waals surface area contributed by atoms with Crippen LogP contribution in [0.25, 0.3) is 11.5 Å². The first-order valence-electron chi connectivity index (χ1n) is 11.6. The van der Waals surface area contributed by atoms with Gasteiger partial charge in [0.15, 0.2) is 23.1 Å². The van der Waals surface area contributed by atoms with Gasteiger partial charge in [-0.25, -0.2) is 0 Å². The molecule has 1 aliphatic carbocycles. The Balaban J connectivity index is 1.71. The smallest absolute Gasteiger partial charge is 0.273 e. The van der Waals surface area contributed by atoms with Crippen LogP contribution in [0.2, 0.25) is 0 Å². The van der Waals surface area contributed by atoms with Crippen molar-refractivity contribution in [2.75, 3.05) is 24.7 Å². The van der Waals surface area contributed by atoms with Crippen LogP contribution < -0.4 is 20.7 Å². The van der Waals surface area contributed by atoms with Gasteiger partial charge in [0.25, 0.3) is 11.8 Å². The maximum atomic E-state index is 12.7. The Morgan fingerprint density at radius 2 is 2.18 bits per heavy atom. The van der Waals surface area contributed by atoms with Gasteiger partial charge in [0.2, 0.25) is 5.91 Å². The maximum absolute atomic E-state index is 12.7. The lowest BCUT2D eigenvalue weighted by Crippen LogP contribution is -2.22. The van der Waals surface area contributed by atoms with Crippen LogP contribution in [0, 0.1) is 5.92 Å². The molecule has 0 spiro atoms. The Morgan fingerprint density at radius 3 is 2.91 bits per heavy atom. The summed E-state index contributed by atoms with van der Waals surface area (Å²) in [5.74, 6) is -0.211. The maximum Gasteiger partial charge on any atom is 0.273 e. The second kappa shape index (κ2) is 9.47. The number of anilines is 3. The standard InChI is InChI=1S/C22H23N7O4/c1-4-6-16-26-22(33-29-16)13-7-5-8-14(19(13)32-3)24-15-11-17(25-20(30)12-9-10-12)27-28-18(15)21(31)23-2/h4-5,7-8,11-12H,1,6,9-10H2,2-3H3,(H,23,31)(H2,24,25,27,30)/i2D3. The van der Waals surface area contributed by atoms with Crippen LogP contribution in [0.5, 0.6) is 5.75 Å². The molecule has 0 unspecified atom stereocenters. The van der Waals surface area contributed by atoms with Gasteiger partial charge in [-0.3, -0.25) is 9.59 Å². The van der Waals surface area contributed by atoms with Gasteiger partial charge < -0.3 is 25.2 Å². The summed E-state index contributed by atoms with van der Waals surface area (Å²) < 4.78 is 32.9. The SMILES string of the molecule is [2H]C([2H])([2H])NC(=O)c1nnc(NC(=O)C2CC2)cc1Nc1cccc(-c2nc(CC=C)no2)c1OC. The molecule has 33 heavy (non-hydrogen) atoms. The quantitative estimate of drug-likeness (QED) is 0.417. The number of carbonyl (C=O) groups is 2. The molecule has 1 fully saturated rings. The minimum absolute atomic E-state index is 0.0843. The molecule has 0 aliphatic heterocycles. The van der Waals surface area contributed by atoms with Crippen molar-refractivity contribution in [3.8, 4) is 17.2 Å². The number of nitrogens with zero attached hydrogens (tertiary/aromatic N) is 4. The monoisotopic (exact) mass is 452 g/mol. The normalized spacial score (nSPS) is 14.4. The molecule has 11 heteroatoms. The fourth-order valence-corrected chi connectivity index (χ4v) is 3.09. The van der Waals surface area contributed by atoms with Gasteiger partial charge in [-0.15, -0.1) is 16.8 Å². The molecule has 0 radical (unpaired) electrons. The fraction of sp³-hybridized carbons (Fsp3) is 0.273. The highest BCUT2D eigenvalue weighted by atomic mass is 16.5. The number of allylic oxidation sites excluding steroid dienone is 1. The van der Waals surface area contributed by atoms with Crippen molar-refractivity contribution in [2.24, 2.45) is 5.92 Å². The van der Waals surface area contributed by atoms with Gasteiger partial charge in [-0.2, -0.15) is 4.98 Å². The molecule has 2 amide bonds. The zero-order valence-corrected chi connectivity index (χ0v) is 17.7. The first kappa shape index (κ1) is 18.3. The second-order valence-corrected chi connectivity index (χ2v) is 7.23. The summed E-state index contributed by atoms with van der Waals surface area (Å²) in [6, 6.07) is 6.47. The van der Waals surface area contributed by atoms with E-state index in [9.17, 15) is 9.59 Å². The van der Waals surface area contributed by atoms with E-state index in [0.717, 1.165) is 12.8 Å². The number of nitrogens with one attached hydrogen (secondary N) is 3. The van der Waals surface area contributed by atoms with E-state index in [0.29, 0.717) is 29.2 Å². The molecule has 3 N–H and O–H groups in total. The highest BCUT2D eigenvalue weighted by Gasteiger charge is 2.30. The molecule has 2 heterocycles. The molecule has 11 nitrogen and oxygen atoms in total. The lowest BCUT2D eigenvalue weighted by atomic mass is 10.1. The highest BCUT2D eigenvalue weighted by molar-refractivity contribution is 6.00. The Bertz CT molecular complexity index is 1310. The molecule has 170 valence electrons. The Morgan fingerprint density at radius 1 is 1.33 bits per heavy atom. The van der Waals surface area contributed by atoms with E-state index in [1.54, 1.807) is 24.3 Å². The number of amides is 2. The first-order chi connectivity index (χ1) is 17.2. The van der Waals surface area contributed by atoms with Crippen LogP contribution in [0.1, 0.15) is 33.3 Å².